The second-order valence-electron chi connectivity index (χ2n) is 23.3. The highest BCUT2D eigenvalue weighted by molar-refractivity contribution is 7.89. The first-order valence-electron chi connectivity index (χ1n) is 26.8. The zero-order chi connectivity index (χ0) is 54.8. The van der Waals surface area contributed by atoms with Crippen molar-refractivity contribution in [2.75, 3.05) is 41.0 Å². The Morgan fingerprint density at radius 1 is 1.00 bits per heavy atom. The molecular weight excluding hydrogens is 980 g/mol. The highest BCUT2D eigenvalue weighted by Gasteiger charge is 2.55. The minimum absolute atomic E-state index is 0.0185. The molecule has 3 aliphatic heterocycles. The van der Waals surface area contributed by atoms with E-state index in [0.29, 0.717) is 31.6 Å². The number of benzene rings is 1. The van der Waals surface area contributed by atoms with Gasteiger partial charge in [0.25, 0.3) is 0 Å². The lowest BCUT2D eigenvalue weighted by atomic mass is 9.68. The molecule has 6 rings (SSSR count). The van der Waals surface area contributed by atoms with Crippen molar-refractivity contribution >= 4 is 16.0 Å². The molecule has 4 heterocycles. The molecule has 19 atom stereocenters. The van der Waals surface area contributed by atoms with Gasteiger partial charge in [-0.25, -0.2) is 22.2 Å². The number of rotatable bonds is 16. The van der Waals surface area contributed by atoms with Gasteiger partial charge in [-0.05, 0) is 124 Å². The number of aromatic nitrogens is 3. The molecule has 3 saturated heterocycles. The summed E-state index contributed by atoms with van der Waals surface area (Å²) in [5, 5.41) is 68.7. The monoisotopic (exact) mass is 1070 g/mol. The fourth-order valence-corrected chi connectivity index (χ4v) is 13.4. The van der Waals surface area contributed by atoms with Crippen molar-refractivity contribution in [2.24, 2.45) is 23.7 Å². The van der Waals surface area contributed by atoms with Crippen LogP contribution in [0, 0.1) is 23.7 Å². The maximum atomic E-state index is 14.6. The van der Waals surface area contributed by atoms with Crippen molar-refractivity contribution in [1.82, 2.24) is 29.5 Å². The highest BCUT2D eigenvalue weighted by Crippen LogP contribution is 2.45. The van der Waals surface area contributed by atoms with Crippen LogP contribution >= 0.6 is 0 Å². The number of hydrogen-bond donors (Lipinski definition) is 6. The number of halogens is 1. The SMILES string of the molecule is CC[C@H]1OC(=O)[C@H](C)[C@@H](C2C[C@@](C)(OC)[C@@H](O)[C@H](C)O2)[C@H](C)[C@@H](O[C@@H]2O[C@H](C)C[C@H](N(C)CCc3cn([C@H](CF)Cc4ccc(S(=O)(=O)NC5CC5)cc4)nn3)[C@H]2O)[C@](C)(O)C[C@@H](C)CN(C)[C@H](C)[C@@H](O)[C@]1(C)O. The van der Waals surface area contributed by atoms with Gasteiger partial charge in [-0.3, -0.25) is 4.79 Å². The summed E-state index contributed by atoms with van der Waals surface area (Å²) in [6.45, 7) is 17.9. The Labute approximate surface area is 438 Å². The number of alkyl halides is 1. The minimum atomic E-state index is -3.62. The van der Waals surface area contributed by atoms with Crippen LogP contribution in [0.5, 0.6) is 0 Å². The van der Waals surface area contributed by atoms with Gasteiger partial charge in [0, 0.05) is 63.3 Å². The molecule has 0 amide bonds. The first kappa shape index (κ1) is 60.5. The van der Waals surface area contributed by atoms with Crippen LogP contribution in [0.4, 0.5) is 4.39 Å². The van der Waals surface area contributed by atoms with Gasteiger partial charge >= 0.3 is 5.97 Å². The minimum Gasteiger partial charge on any atom is -0.459 e. The van der Waals surface area contributed by atoms with E-state index in [1.807, 2.05) is 44.7 Å². The fourth-order valence-electron chi connectivity index (χ4n) is 12.1. The van der Waals surface area contributed by atoms with E-state index >= 15 is 0 Å². The third kappa shape index (κ3) is 13.9. The number of carbonyl (C=O) groups excluding carboxylic acids is 1. The Kier molecular flexibility index (Phi) is 20.0. The predicted octanol–water partition coefficient (Wildman–Crippen LogP) is 3.57. The average Bonchev–Trinajstić information content (AvgIpc) is 4.02. The lowest BCUT2D eigenvalue weighted by Crippen LogP contribution is -2.62. The number of carbonyl (C=O) groups is 1. The highest BCUT2D eigenvalue weighted by atomic mass is 32.2. The summed E-state index contributed by atoms with van der Waals surface area (Å²) >= 11 is 0. The third-order valence-corrected chi connectivity index (χ3v) is 18.4. The normalized spacial score (nSPS) is 40.1. The molecule has 1 aromatic heterocycles. The largest absolute Gasteiger partial charge is 0.459 e. The van der Waals surface area contributed by atoms with Crippen molar-refractivity contribution in [1.29, 1.82) is 0 Å². The summed E-state index contributed by atoms with van der Waals surface area (Å²) in [7, 11) is 1.62. The quantitative estimate of drug-likeness (QED) is 0.132. The summed E-state index contributed by atoms with van der Waals surface area (Å²) in [6.07, 6.45) is -3.80. The summed E-state index contributed by atoms with van der Waals surface area (Å²) in [5.41, 5.74) is -3.18. The van der Waals surface area contributed by atoms with Crippen molar-refractivity contribution in [3.63, 3.8) is 0 Å². The summed E-state index contributed by atoms with van der Waals surface area (Å²) < 4.78 is 76.2. The van der Waals surface area contributed by atoms with Gasteiger partial charge in [0.05, 0.1) is 58.2 Å². The molecule has 422 valence electrons. The lowest BCUT2D eigenvalue weighted by Gasteiger charge is -2.51. The van der Waals surface area contributed by atoms with Gasteiger partial charge < -0.3 is 59.0 Å². The molecule has 0 spiro atoms. The van der Waals surface area contributed by atoms with Crippen LogP contribution < -0.4 is 4.72 Å². The van der Waals surface area contributed by atoms with Crippen LogP contribution in [-0.2, 0) is 51.3 Å². The summed E-state index contributed by atoms with van der Waals surface area (Å²) in [4.78, 5) is 18.7. The summed E-state index contributed by atoms with van der Waals surface area (Å²) in [5.74, 6) is -3.29. The van der Waals surface area contributed by atoms with E-state index in [4.69, 9.17) is 23.7 Å². The van der Waals surface area contributed by atoms with E-state index in [1.54, 1.807) is 59.9 Å². The molecule has 6 N–H and O–H groups in total. The number of aliphatic hydroxyl groups excluding tert-OH is 3. The van der Waals surface area contributed by atoms with Gasteiger partial charge in [0.2, 0.25) is 10.0 Å². The zero-order valence-corrected chi connectivity index (χ0v) is 46.8. The molecule has 1 aromatic carbocycles. The van der Waals surface area contributed by atoms with Gasteiger partial charge in [0.15, 0.2) is 6.29 Å². The Morgan fingerprint density at radius 3 is 2.27 bits per heavy atom. The molecule has 1 unspecified atom stereocenters. The lowest BCUT2D eigenvalue weighted by molar-refractivity contribution is -0.302. The first-order valence-corrected chi connectivity index (χ1v) is 28.2. The van der Waals surface area contributed by atoms with E-state index in [-0.39, 0.29) is 42.5 Å². The van der Waals surface area contributed by atoms with Gasteiger partial charge in [0.1, 0.15) is 36.7 Å². The Balaban J connectivity index is 1.24. The molecule has 21 heteroatoms. The van der Waals surface area contributed by atoms with E-state index in [9.17, 15) is 43.1 Å². The van der Waals surface area contributed by atoms with Crippen molar-refractivity contribution in [3.8, 4) is 0 Å². The Bertz CT molecular complexity index is 2240. The molecule has 1 saturated carbocycles. The molecule has 0 radical (unpaired) electrons. The topological polar surface area (TPSA) is 248 Å². The molecule has 2 aromatic rings. The van der Waals surface area contributed by atoms with Crippen LogP contribution in [-0.4, -0.2) is 196 Å². The number of likely N-dealkylation sites (N-methyl/N-ethyl adjacent to an activating group) is 2. The number of nitrogens with zero attached hydrogens (tertiary/aromatic N) is 5. The molecule has 4 aliphatic rings. The van der Waals surface area contributed by atoms with E-state index in [1.165, 1.54) is 30.8 Å². The number of methoxy groups -OCH3 is 1. The van der Waals surface area contributed by atoms with Gasteiger partial charge in [-0.2, -0.15) is 0 Å². The summed E-state index contributed by atoms with van der Waals surface area (Å²) in [6, 6.07) is 4.67. The van der Waals surface area contributed by atoms with Crippen LogP contribution in [0.1, 0.15) is 125 Å². The number of ether oxygens (including phenoxy) is 5. The predicted molar refractivity (Wildman–Crippen MR) is 274 cm³/mol. The number of esters is 1. The molecule has 0 bridgehead atoms. The molecule has 74 heavy (non-hydrogen) atoms. The zero-order valence-electron chi connectivity index (χ0n) is 46.0. The van der Waals surface area contributed by atoms with E-state index in [2.05, 4.69) is 15.0 Å². The van der Waals surface area contributed by atoms with Crippen molar-refractivity contribution < 1.29 is 66.8 Å². The Hall–Kier alpha value is -2.77. The molecule has 4 fully saturated rings. The van der Waals surface area contributed by atoms with Crippen LogP contribution in [0.25, 0.3) is 0 Å². The number of nitrogens with one attached hydrogen (secondary N) is 1. The van der Waals surface area contributed by atoms with Gasteiger partial charge in [-0.1, -0.05) is 45.0 Å². The molecular formula is C53H89FN6O13S. The smallest absolute Gasteiger partial charge is 0.309 e. The second-order valence-corrected chi connectivity index (χ2v) is 25.0. The number of sulfonamides is 1. The van der Waals surface area contributed by atoms with Crippen LogP contribution in [0.15, 0.2) is 35.4 Å². The number of aliphatic hydroxyl groups is 5. The van der Waals surface area contributed by atoms with E-state index < -0.39 is 130 Å². The maximum absolute atomic E-state index is 14.6. The first-order chi connectivity index (χ1) is 34.6. The van der Waals surface area contributed by atoms with Crippen LogP contribution in [0.3, 0.4) is 0 Å². The second kappa shape index (κ2) is 24.5. The standard InChI is InChI=1S/C53H89FN6O13S/c1-14-43-53(10,66)46(62)34(6)59(12)28-30(2)25-51(8,65)48(32(4)44(33(5)49(64)72-43)42-26-52(9,69-13)47(63)35(7)71-42)73-50-45(61)41(23-31(3)70-50)58(11)22-21-38-29-60(57-55-38)39(27-54)24-36-15-19-40(20-16-36)74(67,68)56-37-17-18-37/h15-16,19-20,29-35,37,39,41-48,50,56,61-63,65-66H,14,17-18,21-28H2,1-13H3/t30-,31-,32+,33-,34-,35+,39+,41+,42?,43-,44+,45-,46-,47+,48-,50+,51-,52-,53-/m1/s1. The molecule has 1 aliphatic carbocycles. The van der Waals surface area contributed by atoms with E-state index in [0.717, 1.165) is 18.4 Å². The number of hydrogen-bond acceptors (Lipinski definition) is 17. The van der Waals surface area contributed by atoms with Crippen molar-refractivity contribution in [2.45, 2.75) is 222 Å². The maximum Gasteiger partial charge on any atom is 0.309 e. The van der Waals surface area contributed by atoms with Crippen LogP contribution in [0.2, 0.25) is 0 Å². The number of cyclic esters (lactones) is 1. The Morgan fingerprint density at radius 2 is 1.66 bits per heavy atom. The third-order valence-electron chi connectivity index (χ3n) is 16.9. The molecule has 19 nitrogen and oxygen atoms in total. The average molecular weight is 1070 g/mol. The fraction of sp³-hybridized carbons (Fsp3) is 0.830. The van der Waals surface area contributed by atoms with Crippen molar-refractivity contribution in [3.05, 3.63) is 41.7 Å². The van der Waals surface area contributed by atoms with Gasteiger partial charge in [-0.15, -0.1) is 5.10 Å².